The molecular weight excluding hydrogens is 292 g/mol. The largest absolute Gasteiger partial charge is 0.461 e. The summed E-state index contributed by atoms with van der Waals surface area (Å²) in [6.07, 6.45) is 1.91. The summed E-state index contributed by atoms with van der Waals surface area (Å²) in [6, 6.07) is 0. The number of carbonyl (C=O) groups is 1. The fourth-order valence-corrected chi connectivity index (χ4v) is 3.06. The molecule has 1 aromatic heterocycles. The number of ether oxygens (including phenoxy) is 1. The zero-order chi connectivity index (χ0) is 14.6. The first-order valence-electron chi connectivity index (χ1n) is 5.94. The normalized spacial score (nSPS) is 13.3. The van der Waals surface area contributed by atoms with Gasteiger partial charge in [0.05, 0.1) is 12.3 Å². The number of nitrogens with zero attached hydrogens (tertiary/aromatic N) is 1. The highest BCUT2D eigenvalue weighted by Crippen LogP contribution is 2.22. The van der Waals surface area contributed by atoms with E-state index in [0.717, 1.165) is 12.8 Å². The maximum absolute atomic E-state index is 11.8. The SMILES string of the molecule is CCCC(C)COC(=O)c1n[nH]c(C)c1S(=O)(=O)Cl. The van der Waals surface area contributed by atoms with Crippen molar-refractivity contribution in [1.29, 1.82) is 0 Å². The molecule has 6 nitrogen and oxygen atoms in total. The van der Waals surface area contributed by atoms with E-state index in [1.165, 1.54) is 6.92 Å². The van der Waals surface area contributed by atoms with Crippen molar-refractivity contribution >= 4 is 25.7 Å². The zero-order valence-electron chi connectivity index (χ0n) is 11.1. The standard InChI is InChI=1S/C11H17ClN2O4S/c1-4-5-7(2)6-18-11(15)9-10(19(12,16)17)8(3)13-14-9/h7H,4-6H2,1-3H3,(H,13,14). The third kappa shape index (κ3) is 4.21. The summed E-state index contributed by atoms with van der Waals surface area (Å²) in [4.78, 5) is 11.5. The zero-order valence-corrected chi connectivity index (χ0v) is 12.6. The number of rotatable bonds is 6. The molecule has 1 aromatic rings. The molecule has 0 bridgehead atoms. The summed E-state index contributed by atoms with van der Waals surface area (Å²) >= 11 is 0. The van der Waals surface area contributed by atoms with E-state index in [1.54, 1.807) is 0 Å². The molecule has 0 saturated heterocycles. The van der Waals surface area contributed by atoms with E-state index in [2.05, 4.69) is 10.2 Å². The van der Waals surface area contributed by atoms with E-state index < -0.39 is 15.0 Å². The van der Waals surface area contributed by atoms with Crippen molar-refractivity contribution < 1.29 is 17.9 Å². The van der Waals surface area contributed by atoms with E-state index in [-0.39, 0.29) is 28.8 Å². The Bertz CT molecular complexity index is 553. The molecule has 0 saturated carbocycles. The lowest BCUT2D eigenvalue weighted by Gasteiger charge is -2.10. The van der Waals surface area contributed by atoms with Crippen LogP contribution in [-0.2, 0) is 13.8 Å². The highest BCUT2D eigenvalue weighted by Gasteiger charge is 2.28. The van der Waals surface area contributed by atoms with Crippen molar-refractivity contribution in [2.24, 2.45) is 5.92 Å². The first-order chi connectivity index (χ1) is 8.77. The van der Waals surface area contributed by atoms with Crippen LogP contribution in [0.3, 0.4) is 0 Å². The number of esters is 1. The van der Waals surface area contributed by atoms with Crippen LogP contribution in [0.25, 0.3) is 0 Å². The van der Waals surface area contributed by atoms with E-state index >= 15 is 0 Å². The molecule has 1 rings (SSSR count). The predicted molar refractivity (Wildman–Crippen MR) is 70.7 cm³/mol. The van der Waals surface area contributed by atoms with Gasteiger partial charge in [0.15, 0.2) is 5.69 Å². The van der Waals surface area contributed by atoms with Crippen LogP contribution in [0.1, 0.15) is 42.9 Å². The van der Waals surface area contributed by atoms with Gasteiger partial charge in [-0.2, -0.15) is 5.10 Å². The van der Waals surface area contributed by atoms with Crippen LogP contribution in [0.15, 0.2) is 4.90 Å². The number of aromatic amines is 1. The number of halogens is 1. The Labute approximate surface area is 116 Å². The Morgan fingerprint density at radius 1 is 1.53 bits per heavy atom. The first-order valence-corrected chi connectivity index (χ1v) is 8.25. The fraction of sp³-hybridized carbons (Fsp3) is 0.636. The van der Waals surface area contributed by atoms with Gasteiger partial charge in [-0.1, -0.05) is 20.3 Å². The fourth-order valence-electron chi connectivity index (χ4n) is 1.72. The number of hydrogen-bond donors (Lipinski definition) is 1. The highest BCUT2D eigenvalue weighted by atomic mass is 35.7. The predicted octanol–water partition coefficient (Wildman–Crippen LogP) is 2.24. The molecule has 0 aromatic carbocycles. The Morgan fingerprint density at radius 3 is 2.68 bits per heavy atom. The summed E-state index contributed by atoms with van der Waals surface area (Å²) in [6.45, 7) is 5.68. The smallest absolute Gasteiger partial charge is 0.360 e. The van der Waals surface area contributed by atoms with Gasteiger partial charge in [0, 0.05) is 10.7 Å². The molecular formula is C11H17ClN2O4S. The van der Waals surface area contributed by atoms with Crippen molar-refractivity contribution in [1.82, 2.24) is 10.2 Å². The average Bonchev–Trinajstić information content (AvgIpc) is 2.68. The molecule has 0 spiro atoms. The molecule has 0 aliphatic carbocycles. The third-order valence-corrected chi connectivity index (χ3v) is 4.06. The lowest BCUT2D eigenvalue weighted by atomic mass is 10.1. The molecule has 8 heteroatoms. The molecule has 0 aliphatic heterocycles. The summed E-state index contributed by atoms with van der Waals surface area (Å²) in [5.74, 6) is -0.573. The first kappa shape index (κ1) is 16.0. The minimum Gasteiger partial charge on any atom is -0.461 e. The van der Waals surface area contributed by atoms with Gasteiger partial charge in [-0.25, -0.2) is 13.2 Å². The van der Waals surface area contributed by atoms with Crippen LogP contribution < -0.4 is 0 Å². The maximum Gasteiger partial charge on any atom is 0.360 e. The summed E-state index contributed by atoms with van der Waals surface area (Å²) in [7, 11) is 1.23. The van der Waals surface area contributed by atoms with Gasteiger partial charge >= 0.3 is 5.97 Å². The number of hydrogen-bond acceptors (Lipinski definition) is 5. The van der Waals surface area contributed by atoms with Crippen LogP contribution in [-0.4, -0.2) is 31.2 Å². The maximum atomic E-state index is 11.8. The Kier molecular flexibility index (Phi) is 5.37. The molecule has 0 aliphatic rings. The van der Waals surface area contributed by atoms with Gasteiger partial charge < -0.3 is 4.74 Å². The topological polar surface area (TPSA) is 89.1 Å². The van der Waals surface area contributed by atoms with Crippen LogP contribution in [0, 0.1) is 12.8 Å². The van der Waals surface area contributed by atoms with Crippen molar-refractivity contribution in [2.45, 2.75) is 38.5 Å². The summed E-state index contributed by atoms with van der Waals surface area (Å²) in [5.41, 5.74) is -0.0836. The summed E-state index contributed by atoms with van der Waals surface area (Å²) in [5, 5.41) is 6.07. The quantitative estimate of drug-likeness (QED) is 0.643. The molecule has 1 N–H and O–H groups in total. The lowest BCUT2D eigenvalue weighted by Crippen LogP contribution is -2.14. The third-order valence-electron chi connectivity index (χ3n) is 2.61. The Morgan fingerprint density at radius 2 is 2.16 bits per heavy atom. The molecule has 0 fully saturated rings. The molecule has 0 amide bonds. The average molecular weight is 309 g/mol. The van der Waals surface area contributed by atoms with E-state index in [9.17, 15) is 13.2 Å². The van der Waals surface area contributed by atoms with Crippen LogP contribution in [0.4, 0.5) is 0 Å². The van der Waals surface area contributed by atoms with E-state index in [0.29, 0.717) is 0 Å². The number of nitrogens with one attached hydrogen (secondary N) is 1. The van der Waals surface area contributed by atoms with Gasteiger partial charge in [0.25, 0.3) is 9.05 Å². The van der Waals surface area contributed by atoms with Crippen molar-refractivity contribution in [3.8, 4) is 0 Å². The molecule has 108 valence electrons. The number of carbonyl (C=O) groups excluding carboxylic acids is 1. The van der Waals surface area contributed by atoms with Gasteiger partial charge in [0.2, 0.25) is 0 Å². The van der Waals surface area contributed by atoms with Gasteiger partial charge in [-0.3, -0.25) is 5.10 Å². The summed E-state index contributed by atoms with van der Waals surface area (Å²) < 4.78 is 27.8. The van der Waals surface area contributed by atoms with Crippen molar-refractivity contribution in [3.63, 3.8) is 0 Å². The molecule has 1 unspecified atom stereocenters. The van der Waals surface area contributed by atoms with E-state index in [4.69, 9.17) is 15.4 Å². The van der Waals surface area contributed by atoms with Crippen LogP contribution in [0.2, 0.25) is 0 Å². The highest BCUT2D eigenvalue weighted by molar-refractivity contribution is 8.13. The minimum absolute atomic E-state index is 0.212. The molecule has 1 heterocycles. The van der Waals surface area contributed by atoms with Gasteiger partial charge in [-0.15, -0.1) is 0 Å². The van der Waals surface area contributed by atoms with Gasteiger partial charge in [-0.05, 0) is 19.3 Å². The Hall–Kier alpha value is -1.08. The minimum atomic E-state index is -4.04. The van der Waals surface area contributed by atoms with E-state index in [1.807, 2.05) is 13.8 Å². The second-order valence-corrected chi connectivity index (χ2v) is 6.96. The molecule has 0 radical (unpaired) electrons. The second-order valence-electron chi connectivity index (χ2n) is 4.46. The van der Waals surface area contributed by atoms with Crippen molar-refractivity contribution in [3.05, 3.63) is 11.4 Å². The van der Waals surface area contributed by atoms with Gasteiger partial charge in [0.1, 0.15) is 4.90 Å². The monoisotopic (exact) mass is 308 g/mol. The Balaban J connectivity index is 2.84. The van der Waals surface area contributed by atoms with Crippen LogP contribution >= 0.6 is 10.7 Å². The number of aromatic nitrogens is 2. The lowest BCUT2D eigenvalue weighted by molar-refractivity contribution is 0.0432. The number of aryl methyl sites for hydroxylation is 1. The molecule has 1 atom stereocenters. The van der Waals surface area contributed by atoms with Crippen molar-refractivity contribution in [2.75, 3.05) is 6.61 Å². The number of H-pyrrole nitrogens is 1. The second kappa shape index (κ2) is 6.38. The molecule has 19 heavy (non-hydrogen) atoms. The van der Waals surface area contributed by atoms with Crippen LogP contribution in [0.5, 0.6) is 0 Å².